The number of carbonyl (C=O) groups is 1. The Kier molecular flexibility index (Phi) is 8.82. The number of guanidine groups is 1. The molecule has 1 aliphatic heterocycles. The average molecular weight is 567 g/mol. The summed E-state index contributed by atoms with van der Waals surface area (Å²) in [5.41, 5.74) is 3.33. The number of amides is 1. The van der Waals surface area contributed by atoms with E-state index in [1.807, 2.05) is 41.3 Å². The van der Waals surface area contributed by atoms with Crippen molar-refractivity contribution in [1.29, 1.82) is 0 Å². The molecular formula is C25H32ClIN4O. The number of rotatable bonds is 6. The van der Waals surface area contributed by atoms with Crippen molar-refractivity contribution in [3.05, 3.63) is 70.2 Å². The van der Waals surface area contributed by atoms with Gasteiger partial charge >= 0.3 is 0 Å². The Morgan fingerprint density at radius 2 is 1.78 bits per heavy atom. The summed E-state index contributed by atoms with van der Waals surface area (Å²) in [5.74, 6) is 0.925. The van der Waals surface area contributed by atoms with E-state index in [9.17, 15) is 4.79 Å². The summed E-state index contributed by atoms with van der Waals surface area (Å²) < 4.78 is 0. The van der Waals surface area contributed by atoms with Crippen molar-refractivity contribution in [1.82, 2.24) is 15.5 Å². The number of halogens is 2. The predicted octanol–water partition coefficient (Wildman–Crippen LogP) is 4.98. The van der Waals surface area contributed by atoms with E-state index in [1.165, 1.54) is 12.0 Å². The van der Waals surface area contributed by atoms with Crippen molar-refractivity contribution in [2.45, 2.75) is 44.1 Å². The summed E-state index contributed by atoms with van der Waals surface area (Å²) in [5, 5.41) is 7.63. The van der Waals surface area contributed by atoms with Gasteiger partial charge in [0, 0.05) is 49.2 Å². The van der Waals surface area contributed by atoms with Crippen molar-refractivity contribution in [3.63, 3.8) is 0 Å². The summed E-state index contributed by atoms with van der Waals surface area (Å²) in [4.78, 5) is 18.9. The fourth-order valence-electron chi connectivity index (χ4n) is 4.24. The van der Waals surface area contributed by atoms with Gasteiger partial charge in [-0.1, -0.05) is 35.9 Å². The Morgan fingerprint density at radius 1 is 1.06 bits per heavy atom. The zero-order valence-corrected chi connectivity index (χ0v) is 21.7. The predicted molar refractivity (Wildman–Crippen MR) is 142 cm³/mol. The molecule has 7 heteroatoms. The fourth-order valence-corrected chi connectivity index (χ4v) is 4.43. The van der Waals surface area contributed by atoms with Crippen LogP contribution in [0.1, 0.15) is 53.6 Å². The van der Waals surface area contributed by atoms with E-state index in [0.717, 1.165) is 67.4 Å². The summed E-state index contributed by atoms with van der Waals surface area (Å²) >= 11 is 6.18. The number of nitrogens with one attached hydrogen (secondary N) is 2. The minimum atomic E-state index is 0. The number of piperidine rings is 1. The zero-order valence-electron chi connectivity index (χ0n) is 18.6. The lowest BCUT2D eigenvalue weighted by Gasteiger charge is -2.26. The first-order valence-corrected chi connectivity index (χ1v) is 11.6. The Hall–Kier alpha value is -1.80. The highest BCUT2D eigenvalue weighted by atomic mass is 127. The van der Waals surface area contributed by atoms with E-state index in [-0.39, 0.29) is 35.3 Å². The Morgan fingerprint density at radius 3 is 2.41 bits per heavy atom. The molecule has 2 fully saturated rings. The van der Waals surface area contributed by atoms with Crippen LogP contribution in [0.5, 0.6) is 0 Å². The van der Waals surface area contributed by atoms with E-state index in [1.54, 1.807) is 7.05 Å². The summed E-state index contributed by atoms with van der Waals surface area (Å²) in [7, 11) is 1.79. The van der Waals surface area contributed by atoms with Crippen LogP contribution in [0.15, 0.2) is 53.5 Å². The Balaban J connectivity index is 0.00000289. The van der Waals surface area contributed by atoms with Crippen molar-refractivity contribution >= 4 is 47.4 Å². The molecule has 1 saturated heterocycles. The molecule has 0 bridgehead atoms. The van der Waals surface area contributed by atoms with Crippen molar-refractivity contribution < 1.29 is 4.79 Å². The lowest BCUT2D eigenvalue weighted by Crippen LogP contribution is -2.40. The Bertz CT molecular complexity index is 937. The highest BCUT2D eigenvalue weighted by Crippen LogP contribution is 2.48. The number of carbonyl (C=O) groups excluding carboxylic acids is 1. The van der Waals surface area contributed by atoms with E-state index in [0.29, 0.717) is 6.54 Å². The van der Waals surface area contributed by atoms with Gasteiger partial charge < -0.3 is 15.5 Å². The third kappa shape index (κ3) is 6.16. The van der Waals surface area contributed by atoms with Gasteiger partial charge in [-0.3, -0.25) is 9.79 Å². The van der Waals surface area contributed by atoms with Gasteiger partial charge in [0.2, 0.25) is 0 Å². The highest BCUT2D eigenvalue weighted by Gasteiger charge is 2.44. The van der Waals surface area contributed by atoms with E-state index >= 15 is 0 Å². The summed E-state index contributed by atoms with van der Waals surface area (Å²) in [6.07, 6.45) is 5.76. The third-order valence-electron chi connectivity index (χ3n) is 6.41. The van der Waals surface area contributed by atoms with Crippen LogP contribution >= 0.6 is 35.6 Å². The van der Waals surface area contributed by atoms with Gasteiger partial charge in [0.15, 0.2) is 5.96 Å². The maximum absolute atomic E-state index is 12.6. The molecule has 0 radical (unpaired) electrons. The molecule has 32 heavy (non-hydrogen) atoms. The number of benzene rings is 2. The Labute approximate surface area is 213 Å². The SMILES string of the molecule is CN=C(NCc1ccc(C(=O)N2CCCCC2)cc1)NCC1(c2cccc(Cl)c2)CC1.I. The van der Waals surface area contributed by atoms with Gasteiger partial charge in [0.1, 0.15) is 0 Å². The van der Waals surface area contributed by atoms with Crippen LogP contribution in [0, 0.1) is 0 Å². The standard InChI is InChI=1S/C25H31ClN4O.HI/c1-27-24(29-18-25(12-13-25)21-6-5-7-22(26)16-21)28-17-19-8-10-20(11-9-19)23(31)30-14-3-2-4-15-30;/h5-11,16H,2-4,12-15,17-18H2,1H3,(H2,27,28,29);1H. The number of aliphatic imine (C=N–C) groups is 1. The monoisotopic (exact) mass is 566 g/mol. The second-order valence-corrected chi connectivity index (χ2v) is 9.06. The molecule has 5 nitrogen and oxygen atoms in total. The number of nitrogens with zero attached hydrogens (tertiary/aromatic N) is 2. The van der Waals surface area contributed by atoms with Crippen LogP contribution in [0.25, 0.3) is 0 Å². The highest BCUT2D eigenvalue weighted by molar-refractivity contribution is 14.0. The van der Waals surface area contributed by atoms with Crippen molar-refractivity contribution in [3.8, 4) is 0 Å². The lowest BCUT2D eigenvalue weighted by molar-refractivity contribution is 0.0724. The number of likely N-dealkylation sites (tertiary alicyclic amines) is 1. The van der Waals surface area contributed by atoms with Crippen molar-refractivity contribution in [2.24, 2.45) is 4.99 Å². The average Bonchev–Trinajstić information content (AvgIpc) is 3.61. The van der Waals surface area contributed by atoms with E-state index < -0.39 is 0 Å². The first-order chi connectivity index (χ1) is 15.1. The molecule has 0 unspecified atom stereocenters. The normalized spacial score (nSPS) is 17.3. The van der Waals surface area contributed by atoms with Crippen LogP contribution in [0.3, 0.4) is 0 Å². The second-order valence-electron chi connectivity index (χ2n) is 8.62. The second kappa shape index (κ2) is 11.4. The van der Waals surface area contributed by atoms with Gasteiger partial charge in [0.05, 0.1) is 0 Å². The molecule has 4 rings (SSSR count). The molecular weight excluding hydrogens is 535 g/mol. The van der Waals surface area contributed by atoms with Crippen LogP contribution in [-0.2, 0) is 12.0 Å². The van der Waals surface area contributed by atoms with Gasteiger partial charge in [-0.15, -0.1) is 24.0 Å². The number of hydrogen-bond acceptors (Lipinski definition) is 2. The topological polar surface area (TPSA) is 56.7 Å². The smallest absolute Gasteiger partial charge is 0.253 e. The van der Waals surface area contributed by atoms with Crippen LogP contribution < -0.4 is 10.6 Å². The minimum Gasteiger partial charge on any atom is -0.356 e. The molecule has 1 aliphatic carbocycles. The summed E-state index contributed by atoms with van der Waals surface area (Å²) in [6.45, 7) is 3.24. The first kappa shape index (κ1) is 24.8. The van der Waals surface area contributed by atoms with Gasteiger partial charge in [-0.25, -0.2) is 0 Å². The fraction of sp³-hybridized carbons (Fsp3) is 0.440. The van der Waals surface area contributed by atoms with Gasteiger partial charge in [-0.2, -0.15) is 0 Å². The molecule has 0 atom stereocenters. The molecule has 2 N–H and O–H groups in total. The zero-order chi connectivity index (χ0) is 21.7. The van der Waals surface area contributed by atoms with Gasteiger partial charge in [0.25, 0.3) is 5.91 Å². The van der Waals surface area contributed by atoms with Crippen LogP contribution in [0.2, 0.25) is 5.02 Å². The molecule has 2 aliphatic rings. The molecule has 0 aromatic heterocycles. The molecule has 2 aromatic carbocycles. The van der Waals surface area contributed by atoms with Crippen LogP contribution in [-0.4, -0.2) is 43.4 Å². The van der Waals surface area contributed by atoms with E-state index in [4.69, 9.17) is 11.6 Å². The van der Waals surface area contributed by atoms with Gasteiger partial charge in [-0.05, 0) is 67.5 Å². The maximum atomic E-state index is 12.6. The largest absolute Gasteiger partial charge is 0.356 e. The molecule has 1 amide bonds. The maximum Gasteiger partial charge on any atom is 0.253 e. The van der Waals surface area contributed by atoms with E-state index in [2.05, 4.69) is 27.8 Å². The van der Waals surface area contributed by atoms with Crippen molar-refractivity contribution in [2.75, 3.05) is 26.7 Å². The quantitative estimate of drug-likeness (QED) is 0.295. The molecule has 1 saturated carbocycles. The molecule has 2 aromatic rings. The molecule has 172 valence electrons. The van der Waals surface area contributed by atoms with Crippen LogP contribution in [0.4, 0.5) is 0 Å². The number of hydrogen-bond donors (Lipinski definition) is 2. The first-order valence-electron chi connectivity index (χ1n) is 11.2. The minimum absolute atomic E-state index is 0. The molecule has 0 spiro atoms. The molecule has 1 heterocycles. The summed E-state index contributed by atoms with van der Waals surface area (Å²) in [6, 6.07) is 16.1. The third-order valence-corrected chi connectivity index (χ3v) is 6.65. The lowest BCUT2D eigenvalue weighted by atomic mass is 9.96.